The highest BCUT2D eigenvalue weighted by molar-refractivity contribution is 7.91. The average Bonchev–Trinajstić information content (AvgIpc) is 2.67. The third kappa shape index (κ3) is 3.46. The number of rotatable bonds is 2. The Hall–Kier alpha value is -1.77. The van der Waals surface area contributed by atoms with Gasteiger partial charge in [0, 0.05) is 6.04 Å². The minimum Gasteiger partial charge on any atom is -0.398 e. The van der Waals surface area contributed by atoms with Crippen LogP contribution < -0.4 is 11.1 Å². The SMILES string of the molecule is Nc1c(C(=O)NC2CCS(=O)(=O)C2)cccc1C(F)(F)F. The number of para-hydroxylation sites is 1. The normalized spacial score (nSPS) is 21.2. The zero-order valence-corrected chi connectivity index (χ0v) is 11.6. The number of hydrogen-bond acceptors (Lipinski definition) is 4. The van der Waals surface area contributed by atoms with Crippen LogP contribution in [-0.4, -0.2) is 31.9 Å². The molecule has 1 amide bonds. The van der Waals surface area contributed by atoms with Crippen molar-refractivity contribution in [1.29, 1.82) is 0 Å². The number of benzene rings is 1. The third-order valence-electron chi connectivity index (χ3n) is 3.22. The molecule has 2 rings (SSSR count). The van der Waals surface area contributed by atoms with E-state index in [2.05, 4.69) is 5.32 Å². The van der Waals surface area contributed by atoms with E-state index >= 15 is 0 Å². The van der Waals surface area contributed by atoms with Crippen molar-refractivity contribution in [2.45, 2.75) is 18.6 Å². The Morgan fingerprint density at radius 3 is 2.52 bits per heavy atom. The molecule has 0 aromatic heterocycles. The molecule has 116 valence electrons. The highest BCUT2D eigenvalue weighted by Gasteiger charge is 2.35. The van der Waals surface area contributed by atoms with Crippen molar-refractivity contribution < 1.29 is 26.4 Å². The van der Waals surface area contributed by atoms with Gasteiger partial charge in [0.2, 0.25) is 0 Å². The Balaban J connectivity index is 2.21. The molecule has 1 fully saturated rings. The Kier molecular flexibility index (Phi) is 3.87. The first-order chi connectivity index (χ1) is 9.60. The van der Waals surface area contributed by atoms with Crippen LogP contribution in [0.2, 0.25) is 0 Å². The van der Waals surface area contributed by atoms with Crippen molar-refractivity contribution in [3.05, 3.63) is 29.3 Å². The van der Waals surface area contributed by atoms with Gasteiger partial charge in [-0.1, -0.05) is 6.07 Å². The Morgan fingerprint density at radius 2 is 2.00 bits per heavy atom. The molecular formula is C12H13F3N2O3S. The molecule has 1 unspecified atom stereocenters. The minimum absolute atomic E-state index is 0.0456. The van der Waals surface area contributed by atoms with Crippen molar-refractivity contribution in [3.8, 4) is 0 Å². The van der Waals surface area contributed by atoms with Crippen LogP contribution in [0.25, 0.3) is 0 Å². The summed E-state index contributed by atoms with van der Waals surface area (Å²) < 4.78 is 60.7. The van der Waals surface area contributed by atoms with E-state index in [1.807, 2.05) is 0 Å². The number of nitrogens with two attached hydrogens (primary N) is 1. The van der Waals surface area contributed by atoms with E-state index in [0.29, 0.717) is 0 Å². The summed E-state index contributed by atoms with van der Waals surface area (Å²) in [6, 6.07) is 2.44. The van der Waals surface area contributed by atoms with Crippen molar-refractivity contribution in [3.63, 3.8) is 0 Å². The van der Waals surface area contributed by atoms with Crippen LogP contribution in [0.5, 0.6) is 0 Å². The summed E-state index contributed by atoms with van der Waals surface area (Å²) in [6.45, 7) is 0. The molecule has 1 aromatic carbocycles. The molecule has 1 saturated heterocycles. The van der Waals surface area contributed by atoms with E-state index in [1.165, 1.54) is 6.07 Å². The summed E-state index contributed by atoms with van der Waals surface area (Å²) in [5, 5.41) is 2.40. The maximum atomic E-state index is 12.7. The number of anilines is 1. The van der Waals surface area contributed by atoms with Crippen LogP contribution in [-0.2, 0) is 16.0 Å². The Labute approximate surface area is 119 Å². The van der Waals surface area contributed by atoms with Gasteiger partial charge in [0.15, 0.2) is 9.84 Å². The highest BCUT2D eigenvalue weighted by Crippen LogP contribution is 2.34. The fraction of sp³-hybridized carbons (Fsp3) is 0.417. The summed E-state index contributed by atoms with van der Waals surface area (Å²) in [6.07, 6.45) is -4.41. The Morgan fingerprint density at radius 1 is 1.33 bits per heavy atom. The van der Waals surface area contributed by atoms with E-state index in [0.717, 1.165) is 12.1 Å². The van der Waals surface area contributed by atoms with Crippen molar-refractivity contribution in [2.75, 3.05) is 17.2 Å². The van der Waals surface area contributed by atoms with E-state index in [1.54, 1.807) is 0 Å². The summed E-state index contributed by atoms with van der Waals surface area (Å²) in [5.41, 5.74) is 3.34. The van der Waals surface area contributed by atoms with Crippen LogP contribution in [0.15, 0.2) is 18.2 Å². The first-order valence-corrected chi connectivity index (χ1v) is 7.89. The number of amides is 1. The largest absolute Gasteiger partial charge is 0.418 e. The second-order valence-corrected chi connectivity index (χ2v) is 7.07. The summed E-state index contributed by atoms with van der Waals surface area (Å²) >= 11 is 0. The molecule has 0 spiro atoms. The van der Waals surface area contributed by atoms with Gasteiger partial charge >= 0.3 is 6.18 Å². The maximum Gasteiger partial charge on any atom is 0.418 e. The van der Waals surface area contributed by atoms with Crippen LogP contribution in [0.3, 0.4) is 0 Å². The lowest BCUT2D eigenvalue weighted by Gasteiger charge is -2.15. The van der Waals surface area contributed by atoms with Crippen molar-refractivity contribution >= 4 is 21.4 Å². The Bertz CT molecular complexity index is 671. The van der Waals surface area contributed by atoms with E-state index < -0.39 is 39.2 Å². The van der Waals surface area contributed by atoms with Crippen LogP contribution in [0.1, 0.15) is 22.3 Å². The van der Waals surface area contributed by atoms with Crippen molar-refractivity contribution in [1.82, 2.24) is 5.32 Å². The molecule has 9 heteroatoms. The first kappa shape index (κ1) is 15.6. The lowest BCUT2D eigenvalue weighted by atomic mass is 10.1. The maximum absolute atomic E-state index is 12.7. The number of carbonyl (C=O) groups excluding carboxylic acids is 1. The van der Waals surface area contributed by atoms with Gasteiger partial charge in [-0.3, -0.25) is 4.79 Å². The molecule has 0 aliphatic carbocycles. The average molecular weight is 322 g/mol. The smallest absolute Gasteiger partial charge is 0.398 e. The number of alkyl halides is 3. The molecule has 1 aromatic rings. The van der Waals surface area contributed by atoms with E-state index in [-0.39, 0.29) is 23.5 Å². The minimum atomic E-state index is -4.66. The first-order valence-electron chi connectivity index (χ1n) is 6.07. The third-order valence-corrected chi connectivity index (χ3v) is 4.99. The quantitative estimate of drug-likeness (QED) is 0.801. The molecule has 21 heavy (non-hydrogen) atoms. The fourth-order valence-electron chi connectivity index (χ4n) is 2.18. The number of sulfone groups is 1. The fourth-order valence-corrected chi connectivity index (χ4v) is 3.86. The van der Waals surface area contributed by atoms with Gasteiger partial charge in [-0.05, 0) is 18.6 Å². The lowest BCUT2D eigenvalue weighted by molar-refractivity contribution is -0.136. The van der Waals surface area contributed by atoms with Gasteiger partial charge in [-0.15, -0.1) is 0 Å². The van der Waals surface area contributed by atoms with Gasteiger partial charge in [-0.2, -0.15) is 13.2 Å². The van der Waals surface area contributed by atoms with E-state index in [9.17, 15) is 26.4 Å². The van der Waals surface area contributed by atoms with Gasteiger partial charge in [0.25, 0.3) is 5.91 Å². The predicted molar refractivity (Wildman–Crippen MR) is 70.4 cm³/mol. The van der Waals surface area contributed by atoms with Crippen LogP contribution >= 0.6 is 0 Å². The van der Waals surface area contributed by atoms with E-state index in [4.69, 9.17) is 5.73 Å². The van der Waals surface area contributed by atoms with Crippen LogP contribution in [0.4, 0.5) is 18.9 Å². The molecular weight excluding hydrogens is 309 g/mol. The zero-order valence-electron chi connectivity index (χ0n) is 10.8. The predicted octanol–water partition coefficient (Wildman–Crippen LogP) is 1.20. The molecule has 3 N–H and O–H groups in total. The summed E-state index contributed by atoms with van der Waals surface area (Å²) in [5.74, 6) is -1.06. The van der Waals surface area contributed by atoms with Crippen LogP contribution in [0, 0.1) is 0 Å². The van der Waals surface area contributed by atoms with Gasteiger partial charge in [0.1, 0.15) is 0 Å². The monoisotopic (exact) mass is 322 g/mol. The highest BCUT2D eigenvalue weighted by atomic mass is 32.2. The molecule has 1 aliphatic rings. The second-order valence-electron chi connectivity index (χ2n) is 4.84. The van der Waals surface area contributed by atoms with Crippen molar-refractivity contribution in [2.24, 2.45) is 0 Å². The molecule has 1 aliphatic heterocycles. The lowest BCUT2D eigenvalue weighted by Crippen LogP contribution is -2.36. The molecule has 1 atom stereocenters. The molecule has 0 radical (unpaired) electrons. The standard InChI is InChI=1S/C12H13F3N2O3S/c13-12(14,15)9-3-1-2-8(10(9)16)11(18)17-7-4-5-21(19,20)6-7/h1-3,7H,4-6,16H2,(H,17,18). The summed E-state index contributed by atoms with van der Waals surface area (Å²) in [4.78, 5) is 12.0. The van der Waals surface area contributed by atoms with Gasteiger partial charge < -0.3 is 11.1 Å². The molecule has 1 heterocycles. The second kappa shape index (κ2) is 5.21. The number of halogens is 3. The van der Waals surface area contributed by atoms with Gasteiger partial charge in [-0.25, -0.2) is 8.42 Å². The topological polar surface area (TPSA) is 89.3 Å². The molecule has 0 saturated carbocycles. The zero-order chi connectivity index (χ0) is 15.8. The number of nitrogens with one attached hydrogen (secondary N) is 1. The molecule has 5 nitrogen and oxygen atoms in total. The number of hydrogen-bond donors (Lipinski definition) is 2. The number of nitrogen functional groups attached to an aromatic ring is 1. The number of carbonyl (C=O) groups is 1. The van der Waals surface area contributed by atoms with Gasteiger partial charge in [0.05, 0.1) is 28.3 Å². The molecule has 0 bridgehead atoms. The summed E-state index contributed by atoms with van der Waals surface area (Å²) in [7, 11) is -3.19.